The van der Waals surface area contributed by atoms with Gasteiger partial charge in [-0.2, -0.15) is 18.2 Å². The van der Waals surface area contributed by atoms with Crippen LogP contribution < -0.4 is 5.73 Å². The molecule has 6 nitrogen and oxygen atoms in total. The molecule has 0 aliphatic heterocycles. The van der Waals surface area contributed by atoms with E-state index in [0.717, 1.165) is 12.2 Å². The SMILES string of the molecule is CCc1noc(CN)n1.O=C(O)C(F)(F)F. The highest BCUT2D eigenvalue weighted by Gasteiger charge is 2.38. The maximum Gasteiger partial charge on any atom is 0.490 e. The van der Waals surface area contributed by atoms with Crippen LogP contribution in [0.25, 0.3) is 0 Å². The molecule has 0 saturated heterocycles. The lowest BCUT2D eigenvalue weighted by molar-refractivity contribution is -0.192. The van der Waals surface area contributed by atoms with Gasteiger partial charge in [0.2, 0.25) is 5.89 Å². The summed E-state index contributed by atoms with van der Waals surface area (Å²) in [6, 6.07) is 0. The minimum Gasteiger partial charge on any atom is -0.475 e. The van der Waals surface area contributed by atoms with Gasteiger partial charge in [-0.3, -0.25) is 0 Å². The van der Waals surface area contributed by atoms with Crippen molar-refractivity contribution in [2.24, 2.45) is 5.73 Å². The van der Waals surface area contributed by atoms with Crippen LogP contribution in [-0.4, -0.2) is 27.4 Å². The molecule has 0 amide bonds. The van der Waals surface area contributed by atoms with Gasteiger partial charge in [0.1, 0.15) is 0 Å². The molecule has 92 valence electrons. The molecule has 0 saturated carbocycles. The number of nitrogens with zero attached hydrogens (tertiary/aromatic N) is 2. The monoisotopic (exact) mass is 241 g/mol. The van der Waals surface area contributed by atoms with E-state index in [1.54, 1.807) is 0 Å². The summed E-state index contributed by atoms with van der Waals surface area (Å²) in [6.45, 7) is 2.29. The highest BCUT2D eigenvalue weighted by atomic mass is 19.4. The van der Waals surface area contributed by atoms with Crippen molar-refractivity contribution in [2.75, 3.05) is 0 Å². The van der Waals surface area contributed by atoms with Gasteiger partial charge in [-0.25, -0.2) is 4.79 Å². The van der Waals surface area contributed by atoms with Gasteiger partial charge < -0.3 is 15.4 Å². The van der Waals surface area contributed by atoms with Crippen molar-refractivity contribution in [3.8, 4) is 0 Å². The number of carboxylic acid groups (broad SMARTS) is 1. The van der Waals surface area contributed by atoms with E-state index in [2.05, 4.69) is 10.1 Å². The average Bonchev–Trinajstić information content (AvgIpc) is 2.64. The fraction of sp³-hybridized carbons (Fsp3) is 0.571. The van der Waals surface area contributed by atoms with Gasteiger partial charge >= 0.3 is 12.1 Å². The Morgan fingerprint density at radius 1 is 1.56 bits per heavy atom. The molecule has 0 unspecified atom stereocenters. The number of hydrogen-bond donors (Lipinski definition) is 2. The highest BCUT2D eigenvalue weighted by Crippen LogP contribution is 2.13. The molecule has 0 aromatic carbocycles. The number of aryl methyl sites for hydroxylation is 1. The van der Waals surface area contributed by atoms with Crippen LogP contribution in [0.4, 0.5) is 13.2 Å². The molecule has 9 heteroatoms. The van der Waals surface area contributed by atoms with Crippen molar-refractivity contribution >= 4 is 5.97 Å². The van der Waals surface area contributed by atoms with Crippen molar-refractivity contribution in [1.82, 2.24) is 10.1 Å². The van der Waals surface area contributed by atoms with Crippen LogP contribution in [0.1, 0.15) is 18.6 Å². The van der Waals surface area contributed by atoms with Crippen LogP contribution in [0.3, 0.4) is 0 Å². The minimum atomic E-state index is -5.08. The Labute approximate surface area is 88.2 Å². The Bertz CT molecular complexity index is 319. The lowest BCUT2D eigenvalue weighted by Gasteiger charge is -1.93. The van der Waals surface area contributed by atoms with Gasteiger partial charge in [-0.15, -0.1) is 0 Å². The number of aromatic nitrogens is 2. The van der Waals surface area contributed by atoms with Gasteiger partial charge in [0.15, 0.2) is 5.82 Å². The number of alkyl halides is 3. The zero-order valence-corrected chi connectivity index (χ0v) is 8.28. The number of hydrogen-bond acceptors (Lipinski definition) is 5. The standard InChI is InChI=1S/C5H9N3O.C2HF3O2/c1-2-4-7-5(3-6)9-8-4;3-2(4,5)1(6)7/h2-3,6H2,1H3;(H,6,7). The van der Waals surface area contributed by atoms with Crippen LogP contribution in [-0.2, 0) is 17.8 Å². The molecule has 3 N–H and O–H groups in total. The van der Waals surface area contributed by atoms with Crippen LogP contribution in [0, 0.1) is 0 Å². The van der Waals surface area contributed by atoms with E-state index in [1.807, 2.05) is 6.92 Å². The highest BCUT2D eigenvalue weighted by molar-refractivity contribution is 5.73. The molecular formula is C7H10F3N3O3. The van der Waals surface area contributed by atoms with Crippen LogP contribution in [0.2, 0.25) is 0 Å². The maximum absolute atomic E-state index is 10.6. The van der Waals surface area contributed by atoms with Gasteiger partial charge in [0, 0.05) is 6.42 Å². The quantitative estimate of drug-likeness (QED) is 0.791. The summed E-state index contributed by atoms with van der Waals surface area (Å²) in [7, 11) is 0. The first kappa shape index (κ1) is 14.4. The number of carbonyl (C=O) groups is 1. The fourth-order valence-electron chi connectivity index (χ4n) is 0.517. The second kappa shape index (κ2) is 6.05. The third-order valence-electron chi connectivity index (χ3n) is 1.24. The zero-order chi connectivity index (χ0) is 12.8. The molecule has 0 bridgehead atoms. The summed E-state index contributed by atoms with van der Waals surface area (Å²) >= 11 is 0. The molecular weight excluding hydrogens is 231 g/mol. The fourth-order valence-corrected chi connectivity index (χ4v) is 0.517. The predicted octanol–water partition coefficient (Wildman–Crippen LogP) is 0.724. The number of halogens is 3. The summed E-state index contributed by atoms with van der Waals surface area (Å²) in [5, 5.41) is 10.8. The van der Waals surface area contributed by atoms with Crippen molar-refractivity contribution in [2.45, 2.75) is 26.1 Å². The number of rotatable bonds is 2. The smallest absolute Gasteiger partial charge is 0.475 e. The lowest BCUT2D eigenvalue weighted by atomic mass is 10.5. The Morgan fingerprint density at radius 3 is 2.25 bits per heavy atom. The molecule has 0 spiro atoms. The van der Waals surface area contributed by atoms with Crippen molar-refractivity contribution in [3.05, 3.63) is 11.7 Å². The van der Waals surface area contributed by atoms with E-state index in [4.69, 9.17) is 20.2 Å². The van der Waals surface area contributed by atoms with Crippen LogP contribution >= 0.6 is 0 Å². The second-order valence-electron chi connectivity index (χ2n) is 2.46. The first-order valence-corrected chi connectivity index (χ1v) is 4.12. The minimum absolute atomic E-state index is 0.326. The van der Waals surface area contributed by atoms with Gasteiger partial charge in [-0.1, -0.05) is 12.1 Å². The van der Waals surface area contributed by atoms with E-state index in [0.29, 0.717) is 12.4 Å². The first-order chi connectivity index (χ1) is 7.31. The summed E-state index contributed by atoms with van der Waals surface area (Å²) in [6.07, 6.45) is -4.29. The Balaban J connectivity index is 0.000000293. The first-order valence-electron chi connectivity index (χ1n) is 4.12. The third-order valence-corrected chi connectivity index (χ3v) is 1.24. The molecule has 0 fully saturated rings. The molecule has 1 aromatic rings. The number of aliphatic carboxylic acids is 1. The summed E-state index contributed by atoms with van der Waals surface area (Å²) in [4.78, 5) is 12.8. The normalized spacial score (nSPS) is 10.6. The predicted molar refractivity (Wildman–Crippen MR) is 45.3 cm³/mol. The summed E-state index contributed by atoms with van der Waals surface area (Å²) in [5.74, 6) is -1.53. The molecule has 1 aromatic heterocycles. The summed E-state index contributed by atoms with van der Waals surface area (Å²) < 4.78 is 36.5. The molecule has 0 aliphatic carbocycles. The van der Waals surface area contributed by atoms with Gasteiger partial charge in [-0.05, 0) is 0 Å². The Hall–Kier alpha value is -1.64. The number of nitrogens with two attached hydrogens (primary N) is 1. The van der Waals surface area contributed by atoms with E-state index in [1.165, 1.54) is 0 Å². The van der Waals surface area contributed by atoms with E-state index >= 15 is 0 Å². The zero-order valence-electron chi connectivity index (χ0n) is 8.28. The topological polar surface area (TPSA) is 102 Å². The van der Waals surface area contributed by atoms with E-state index < -0.39 is 12.1 Å². The van der Waals surface area contributed by atoms with Gasteiger partial charge in [0.25, 0.3) is 0 Å². The summed E-state index contributed by atoms with van der Waals surface area (Å²) in [5.41, 5.74) is 5.22. The third kappa shape index (κ3) is 5.29. The molecule has 0 atom stereocenters. The molecule has 0 radical (unpaired) electrons. The number of carboxylic acids is 1. The van der Waals surface area contributed by atoms with Crippen LogP contribution in [0.15, 0.2) is 4.52 Å². The van der Waals surface area contributed by atoms with Gasteiger partial charge in [0.05, 0.1) is 6.54 Å². The molecule has 1 rings (SSSR count). The maximum atomic E-state index is 10.6. The molecule has 16 heavy (non-hydrogen) atoms. The van der Waals surface area contributed by atoms with Crippen LogP contribution in [0.5, 0.6) is 0 Å². The van der Waals surface area contributed by atoms with E-state index in [9.17, 15) is 13.2 Å². The molecule has 0 aliphatic rings. The van der Waals surface area contributed by atoms with Crippen molar-refractivity contribution in [1.29, 1.82) is 0 Å². The van der Waals surface area contributed by atoms with E-state index in [-0.39, 0.29) is 0 Å². The average molecular weight is 241 g/mol. The largest absolute Gasteiger partial charge is 0.490 e. The van der Waals surface area contributed by atoms with Crippen molar-refractivity contribution in [3.63, 3.8) is 0 Å². The Kier molecular flexibility index (Phi) is 5.43. The lowest BCUT2D eigenvalue weighted by Crippen LogP contribution is -2.21. The Morgan fingerprint density at radius 2 is 2.06 bits per heavy atom. The second-order valence-corrected chi connectivity index (χ2v) is 2.46. The van der Waals surface area contributed by atoms with Crippen molar-refractivity contribution < 1.29 is 27.6 Å². The molecule has 1 heterocycles.